The Morgan fingerprint density at radius 1 is 1.19 bits per heavy atom. The Labute approximate surface area is 124 Å². The Morgan fingerprint density at radius 2 is 1.90 bits per heavy atom. The SMILES string of the molecule is CCN1c2cc3oc(=O)cc(C)c3cc2C(C)=CC1(C)C. The van der Waals surface area contributed by atoms with E-state index in [2.05, 4.69) is 44.7 Å². The molecule has 0 saturated heterocycles. The molecule has 1 aromatic heterocycles. The van der Waals surface area contributed by atoms with E-state index in [1.807, 2.05) is 13.0 Å². The molecular weight excluding hydrogens is 262 g/mol. The van der Waals surface area contributed by atoms with E-state index in [0.717, 1.165) is 23.2 Å². The number of aryl methyl sites for hydroxylation is 1. The maximum Gasteiger partial charge on any atom is 0.336 e. The highest BCUT2D eigenvalue weighted by Crippen LogP contribution is 2.40. The maximum absolute atomic E-state index is 11.6. The summed E-state index contributed by atoms with van der Waals surface area (Å²) < 4.78 is 5.40. The second-order valence-corrected chi connectivity index (χ2v) is 6.34. The molecule has 2 aromatic rings. The van der Waals surface area contributed by atoms with Gasteiger partial charge in [0.1, 0.15) is 5.58 Å². The standard InChI is InChI=1S/C18H21NO2/c1-6-19-15-9-16-14(11(2)7-17(20)21-16)8-13(15)12(3)10-18(19,4)5/h7-10H,6H2,1-5H3. The van der Waals surface area contributed by atoms with Crippen LogP contribution in [-0.4, -0.2) is 12.1 Å². The lowest BCUT2D eigenvalue weighted by molar-refractivity contribution is 0.553. The van der Waals surface area contributed by atoms with E-state index in [1.165, 1.54) is 11.1 Å². The highest BCUT2D eigenvalue weighted by molar-refractivity contribution is 5.92. The van der Waals surface area contributed by atoms with Gasteiger partial charge >= 0.3 is 5.63 Å². The largest absolute Gasteiger partial charge is 0.423 e. The van der Waals surface area contributed by atoms with Crippen molar-refractivity contribution in [1.82, 2.24) is 0 Å². The van der Waals surface area contributed by atoms with Gasteiger partial charge in [0, 0.05) is 35.3 Å². The summed E-state index contributed by atoms with van der Waals surface area (Å²) in [5, 5.41) is 1.01. The van der Waals surface area contributed by atoms with Gasteiger partial charge in [-0.3, -0.25) is 0 Å². The normalized spacial score (nSPS) is 16.8. The van der Waals surface area contributed by atoms with E-state index in [-0.39, 0.29) is 11.2 Å². The summed E-state index contributed by atoms with van der Waals surface area (Å²) in [6.07, 6.45) is 2.30. The molecule has 3 heteroatoms. The first kappa shape index (κ1) is 13.9. The monoisotopic (exact) mass is 283 g/mol. The molecule has 0 fully saturated rings. The number of fused-ring (bicyclic) bond motifs is 2. The number of hydrogen-bond acceptors (Lipinski definition) is 3. The third-order valence-corrected chi connectivity index (χ3v) is 4.36. The van der Waals surface area contributed by atoms with Gasteiger partial charge in [0.2, 0.25) is 0 Å². The van der Waals surface area contributed by atoms with Gasteiger partial charge < -0.3 is 9.32 Å². The average Bonchev–Trinajstić information content (AvgIpc) is 2.36. The molecule has 0 aliphatic carbocycles. The minimum Gasteiger partial charge on any atom is -0.423 e. The molecule has 0 spiro atoms. The van der Waals surface area contributed by atoms with Crippen molar-refractivity contribution in [3.05, 3.63) is 45.8 Å². The lowest BCUT2D eigenvalue weighted by Crippen LogP contribution is -2.44. The zero-order chi connectivity index (χ0) is 15.4. The van der Waals surface area contributed by atoms with Crippen LogP contribution >= 0.6 is 0 Å². The maximum atomic E-state index is 11.6. The van der Waals surface area contributed by atoms with E-state index >= 15 is 0 Å². The van der Waals surface area contributed by atoms with Crippen LogP contribution in [0, 0.1) is 6.92 Å². The molecule has 1 aliphatic heterocycles. The zero-order valence-electron chi connectivity index (χ0n) is 13.3. The molecule has 0 saturated carbocycles. The van der Waals surface area contributed by atoms with Gasteiger partial charge in [-0.2, -0.15) is 0 Å². The van der Waals surface area contributed by atoms with Crippen LogP contribution in [0.5, 0.6) is 0 Å². The molecule has 0 bridgehead atoms. The molecule has 3 nitrogen and oxygen atoms in total. The molecule has 0 N–H and O–H groups in total. The first-order chi connectivity index (χ1) is 9.83. The Kier molecular flexibility index (Phi) is 2.97. The average molecular weight is 283 g/mol. The molecule has 110 valence electrons. The minimum atomic E-state index is -0.287. The molecule has 0 radical (unpaired) electrons. The lowest BCUT2D eigenvalue weighted by atomic mass is 9.88. The molecule has 21 heavy (non-hydrogen) atoms. The number of rotatable bonds is 1. The van der Waals surface area contributed by atoms with E-state index < -0.39 is 0 Å². The number of anilines is 1. The van der Waals surface area contributed by atoms with E-state index in [1.54, 1.807) is 6.07 Å². The van der Waals surface area contributed by atoms with Crippen molar-refractivity contribution in [3.63, 3.8) is 0 Å². The van der Waals surface area contributed by atoms with Crippen LogP contribution in [0.3, 0.4) is 0 Å². The van der Waals surface area contributed by atoms with Gasteiger partial charge in [-0.05, 0) is 51.8 Å². The second-order valence-electron chi connectivity index (χ2n) is 6.34. The number of hydrogen-bond donors (Lipinski definition) is 0. The molecule has 2 heterocycles. The summed E-state index contributed by atoms with van der Waals surface area (Å²) in [5.41, 5.74) is 4.94. The van der Waals surface area contributed by atoms with Crippen molar-refractivity contribution < 1.29 is 4.42 Å². The summed E-state index contributed by atoms with van der Waals surface area (Å²) in [6, 6.07) is 5.71. The fourth-order valence-electron chi connectivity index (χ4n) is 3.47. The van der Waals surface area contributed by atoms with Crippen molar-refractivity contribution >= 4 is 22.2 Å². The highest BCUT2D eigenvalue weighted by atomic mass is 16.4. The summed E-state index contributed by atoms with van der Waals surface area (Å²) in [5.74, 6) is 0. The lowest BCUT2D eigenvalue weighted by Gasteiger charge is -2.42. The second kappa shape index (κ2) is 4.48. The van der Waals surface area contributed by atoms with Crippen LogP contribution in [0.4, 0.5) is 5.69 Å². The van der Waals surface area contributed by atoms with Crippen molar-refractivity contribution in [2.24, 2.45) is 0 Å². The van der Waals surface area contributed by atoms with Gasteiger partial charge in [0.15, 0.2) is 0 Å². The Bertz CT molecular complexity index is 812. The smallest absolute Gasteiger partial charge is 0.336 e. The van der Waals surface area contributed by atoms with Crippen molar-refractivity contribution in [2.75, 3.05) is 11.4 Å². The summed E-state index contributed by atoms with van der Waals surface area (Å²) in [4.78, 5) is 14.0. The van der Waals surface area contributed by atoms with Crippen LogP contribution < -0.4 is 10.5 Å². The Balaban J connectivity index is 2.38. The molecule has 1 aromatic carbocycles. The Hall–Kier alpha value is -2.03. The van der Waals surface area contributed by atoms with Crippen molar-refractivity contribution in [1.29, 1.82) is 0 Å². The van der Waals surface area contributed by atoms with Crippen molar-refractivity contribution in [3.8, 4) is 0 Å². The van der Waals surface area contributed by atoms with Gasteiger partial charge in [-0.15, -0.1) is 0 Å². The quantitative estimate of drug-likeness (QED) is 0.738. The third-order valence-electron chi connectivity index (χ3n) is 4.36. The minimum absolute atomic E-state index is 0.0381. The van der Waals surface area contributed by atoms with Crippen LogP contribution in [0.2, 0.25) is 0 Å². The third kappa shape index (κ3) is 2.08. The van der Waals surface area contributed by atoms with Crippen LogP contribution in [0.15, 0.2) is 33.5 Å². The van der Waals surface area contributed by atoms with Gasteiger partial charge in [0.05, 0.1) is 5.54 Å². The highest BCUT2D eigenvalue weighted by Gasteiger charge is 2.30. The molecular formula is C18H21NO2. The number of nitrogens with zero attached hydrogens (tertiary/aromatic N) is 1. The predicted octanol–water partition coefficient (Wildman–Crippen LogP) is 4.12. The predicted molar refractivity (Wildman–Crippen MR) is 88.0 cm³/mol. The zero-order valence-corrected chi connectivity index (χ0v) is 13.3. The molecule has 3 rings (SSSR count). The summed E-state index contributed by atoms with van der Waals surface area (Å²) in [6.45, 7) is 11.6. The number of allylic oxidation sites excluding steroid dienone is 1. The molecule has 0 unspecified atom stereocenters. The van der Waals surface area contributed by atoms with Crippen molar-refractivity contribution in [2.45, 2.75) is 40.2 Å². The topological polar surface area (TPSA) is 33.5 Å². The van der Waals surface area contributed by atoms with Gasteiger partial charge in [0.25, 0.3) is 0 Å². The summed E-state index contributed by atoms with van der Waals surface area (Å²) >= 11 is 0. The van der Waals surface area contributed by atoms with Crippen LogP contribution in [0.25, 0.3) is 16.5 Å². The first-order valence-electron chi connectivity index (χ1n) is 7.39. The fraction of sp³-hybridized carbons (Fsp3) is 0.389. The number of likely N-dealkylation sites (N-methyl/N-ethyl adjacent to an activating group) is 1. The van der Waals surface area contributed by atoms with Crippen LogP contribution in [-0.2, 0) is 0 Å². The molecule has 0 amide bonds. The van der Waals surface area contributed by atoms with Gasteiger partial charge in [-0.1, -0.05) is 6.08 Å². The number of benzene rings is 1. The van der Waals surface area contributed by atoms with E-state index in [0.29, 0.717) is 5.58 Å². The van der Waals surface area contributed by atoms with Gasteiger partial charge in [-0.25, -0.2) is 4.79 Å². The van der Waals surface area contributed by atoms with Crippen LogP contribution in [0.1, 0.15) is 38.8 Å². The fourth-order valence-corrected chi connectivity index (χ4v) is 3.47. The summed E-state index contributed by atoms with van der Waals surface area (Å²) in [7, 11) is 0. The Morgan fingerprint density at radius 3 is 2.57 bits per heavy atom. The van der Waals surface area contributed by atoms with E-state index in [9.17, 15) is 4.79 Å². The van der Waals surface area contributed by atoms with E-state index in [4.69, 9.17) is 4.42 Å². The first-order valence-corrected chi connectivity index (χ1v) is 7.39. The molecule has 0 atom stereocenters. The molecule has 1 aliphatic rings.